The summed E-state index contributed by atoms with van der Waals surface area (Å²) in [4.78, 5) is 47.9. The van der Waals surface area contributed by atoms with Crippen molar-refractivity contribution in [1.82, 2.24) is 9.97 Å². The molecule has 2 aromatic heterocycles. The summed E-state index contributed by atoms with van der Waals surface area (Å²) in [6.07, 6.45) is 0. The van der Waals surface area contributed by atoms with E-state index in [2.05, 4.69) is 20.6 Å². The third-order valence-corrected chi connectivity index (χ3v) is 9.81. The molecule has 6 aromatic rings. The first-order chi connectivity index (χ1) is 27.1. The predicted octanol–water partition coefficient (Wildman–Crippen LogP) is 6.85. The minimum absolute atomic E-state index is 0.0412. The van der Waals surface area contributed by atoms with Crippen LogP contribution in [-0.4, -0.2) is 42.3 Å². The number of carboxylic acid groups (broad SMARTS) is 2. The van der Waals surface area contributed by atoms with Crippen LogP contribution in [0.5, 0.6) is 0 Å². The van der Waals surface area contributed by atoms with Gasteiger partial charge in [-0.25, -0.2) is 19.6 Å². The second-order valence-corrected chi connectivity index (χ2v) is 13.2. The van der Waals surface area contributed by atoms with E-state index in [1.807, 2.05) is 42.5 Å². The van der Waals surface area contributed by atoms with Crippen molar-refractivity contribution in [3.8, 4) is 22.5 Å². The van der Waals surface area contributed by atoms with Crippen LogP contribution >= 0.6 is 0 Å². The Balaban J connectivity index is 1.35. The van der Waals surface area contributed by atoms with Crippen LogP contribution in [0.2, 0.25) is 0 Å². The number of hydrogen-bond acceptors (Lipinski definition) is 11. The van der Waals surface area contributed by atoms with Gasteiger partial charge in [0.15, 0.2) is 5.43 Å². The van der Waals surface area contributed by atoms with Crippen LogP contribution < -0.4 is 21.8 Å². The monoisotopic (exact) mass is 747 g/mol. The van der Waals surface area contributed by atoms with Gasteiger partial charge in [-0.05, 0) is 72.3 Å². The van der Waals surface area contributed by atoms with Gasteiger partial charge in [0, 0.05) is 51.6 Å². The number of hydrogen-bond donors (Lipinski definition) is 7. The van der Waals surface area contributed by atoms with Gasteiger partial charge in [-0.15, -0.1) is 0 Å². The van der Waals surface area contributed by atoms with Crippen molar-refractivity contribution < 1.29 is 34.4 Å². The Bertz CT molecular complexity index is 2910. The summed E-state index contributed by atoms with van der Waals surface area (Å²) in [5.74, 6) is -2.39. The minimum atomic E-state index is -1.28. The maximum Gasteiger partial charge on any atom is 0.336 e. The summed E-state index contributed by atoms with van der Waals surface area (Å²) in [6, 6.07) is 28.3. The Kier molecular flexibility index (Phi) is 9.22. The zero-order valence-electron chi connectivity index (χ0n) is 29.5. The molecule has 0 saturated carbocycles. The van der Waals surface area contributed by atoms with E-state index in [4.69, 9.17) is 10.2 Å². The molecule has 1 aliphatic carbocycles. The summed E-state index contributed by atoms with van der Waals surface area (Å²) >= 11 is 0. The molecule has 56 heavy (non-hydrogen) atoms. The largest absolute Gasteiger partial charge is 0.478 e. The van der Waals surface area contributed by atoms with Gasteiger partial charge in [0.2, 0.25) is 0 Å². The fourth-order valence-electron chi connectivity index (χ4n) is 7.04. The van der Waals surface area contributed by atoms with E-state index in [1.54, 1.807) is 36.4 Å². The molecule has 278 valence electrons. The molecular formula is C43H33N5O8. The fourth-order valence-corrected chi connectivity index (χ4v) is 7.04. The number of carboxylic acids is 2. The third-order valence-electron chi connectivity index (χ3n) is 9.81. The molecule has 13 nitrogen and oxygen atoms in total. The number of aromatic carboxylic acids is 2. The first-order valence-electron chi connectivity index (χ1n) is 17.5. The lowest BCUT2D eigenvalue weighted by atomic mass is 9.87. The molecular weight excluding hydrogens is 714 g/mol. The maximum atomic E-state index is 13.8. The van der Waals surface area contributed by atoms with Gasteiger partial charge >= 0.3 is 11.9 Å². The molecule has 4 aromatic carbocycles. The van der Waals surface area contributed by atoms with Crippen molar-refractivity contribution in [2.24, 2.45) is 0 Å². The van der Waals surface area contributed by atoms with Gasteiger partial charge < -0.3 is 41.2 Å². The van der Waals surface area contributed by atoms with Gasteiger partial charge in [0.05, 0.1) is 63.7 Å². The fraction of sp³-hybridized carbons (Fsp3) is 0.0930. The number of benzene rings is 5. The molecule has 13 heteroatoms. The molecule has 1 aliphatic heterocycles. The highest BCUT2D eigenvalue weighted by Gasteiger charge is 2.27. The van der Waals surface area contributed by atoms with Crippen LogP contribution in [-0.2, 0) is 26.3 Å². The number of anilines is 3. The number of aliphatic hydroxyl groups is 2. The number of pyridine rings is 2. The summed E-state index contributed by atoms with van der Waals surface area (Å²) in [5, 5.41) is 48.6. The second kappa shape index (κ2) is 14.5. The van der Waals surface area contributed by atoms with Crippen LogP contribution in [0.15, 0.2) is 112 Å². The molecule has 2 aliphatic rings. The van der Waals surface area contributed by atoms with Crippen molar-refractivity contribution in [2.75, 3.05) is 16.4 Å². The standard InChI is InChI=1S/C43H33N5O8/c44-33-15-13-28-37(30-17-24(42(52)53)9-12-27(30)43(54)55)29-14-16-36(51)32(19-46-35-6-2-4-23-8-11-26(21-50)48-39(23)35)41(29)56-40(28)31(33)18-45-34-5-1-3-22-7-10-25(20-49)47-38(22)34/h1-17,45-46,49-50H,18-21,44H2,(H,52,53)(H,54,55). The van der Waals surface area contributed by atoms with Gasteiger partial charge in [-0.2, -0.15) is 0 Å². The number of fused-ring (bicyclic) bond motifs is 4. The first-order valence-corrected chi connectivity index (χ1v) is 17.5. The highest BCUT2D eigenvalue weighted by atomic mass is 16.4. The summed E-state index contributed by atoms with van der Waals surface area (Å²) < 4.78 is 6.71. The number of aliphatic hydroxyl groups excluding tert-OH is 2. The third kappa shape index (κ3) is 6.36. The van der Waals surface area contributed by atoms with Gasteiger partial charge in [-0.1, -0.05) is 36.4 Å². The molecule has 0 radical (unpaired) electrons. The Hall–Kier alpha value is -7.35. The molecule has 8 rings (SSSR count). The molecule has 0 saturated heterocycles. The number of nitrogens with zero attached hydrogens (tertiary/aromatic N) is 2. The summed E-state index contributed by atoms with van der Waals surface area (Å²) in [7, 11) is 0. The quantitative estimate of drug-likeness (QED) is 0.0532. The molecule has 3 heterocycles. The Morgan fingerprint density at radius 1 is 0.679 bits per heavy atom. The van der Waals surface area contributed by atoms with Gasteiger partial charge in [0.1, 0.15) is 11.3 Å². The summed E-state index contributed by atoms with van der Waals surface area (Å²) in [6.45, 7) is -0.436. The average molecular weight is 748 g/mol. The topological polar surface area (TPSA) is 221 Å². The van der Waals surface area contributed by atoms with E-state index >= 15 is 0 Å². The normalized spacial score (nSPS) is 11.4. The Labute approximate surface area is 317 Å². The van der Waals surface area contributed by atoms with Crippen molar-refractivity contribution in [3.63, 3.8) is 0 Å². The lowest BCUT2D eigenvalue weighted by Gasteiger charge is -2.22. The van der Waals surface area contributed by atoms with E-state index in [-0.39, 0.29) is 65.3 Å². The average Bonchev–Trinajstić information content (AvgIpc) is 3.21. The van der Waals surface area contributed by atoms with E-state index in [0.29, 0.717) is 61.6 Å². The zero-order valence-corrected chi connectivity index (χ0v) is 29.5. The number of nitrogens with two attached hydrogens (primary N) is 1. The van der Waals surface area contributed by atoms with Crippen molar-refractivity contribution in [1.29, 1.82) is 0 Å². The molecule has 0 amide bonds. The number of aromatic nitrogens is 2. The number of rotatable bonds is 11. The maximum absolute atomic E-state index is 13.8. The number of carbonyl (C=O) groups is 2. The molecule has 0 bridgehead atoms. The van der Waals surface area contributed by atoms with E-state index in [0.717, 1.165) is 10.8 Å². The van der Waals surface area contributed by atoms with Gasteiger partial charge in [0.25, 0.3) is 0 Å². The highest BCUT2D eigenvalue weighted by molar-refractivity contribution is 6.10. The van der Waals surface area contributed by atoms with Crippen molar-refractivity contribution >= 4 is 61.8 Å². The highest BCUT2D eigenvalue weighted by Crippen LogP contribution is 2.45. The number of para-hydroxylation sites is 2. The molecule has 8 N–H and O–H groups in total. The minimum Gasteiger partial charge on any atom is -0.478 e. The number of nitrogen functional groups attached to an aromatic ring is 1. The molecule has 0 fully saturated rings. The van der Waals surface area contributed by atoms with Crippen LogP contribution in [0.1, 0.15) is 43.2 Å². The smallest absolute Gasteiger partial charge is 0.336 e. The van der Waals surface area contributed by atoms with Gasteiger partial charge in [-0.3, -0.25) is 4.79 Å². The zero-order chi connectivity index (χ0) is 39.1. The lowest BCUT2D eigenvalue weighted by Crippen LogP contribution is -2.16. The lowest BCUT2D eigenvalue weighted by molar-refractivity contribution is 0.0682. The van der Waals surface area contributed by atoms with Crippen LogP contribution in [0.25, 0.3) is 55.2 Å². The van der Waals surface area contributed by atoms with Crippen molar-refractivity contribution in [3.05, 3.63) is 147 Å². The second-order valence-electron chi connectivity index (χ2n) is 13.2. The Morgan fingerprint density at radius 3 is 1.89 bits per heavy atom. The first kappa shape index (κ1) is 35.7. The van der Waals surface area contributed by atoms with E-state index in [1.165, 1.54) is 24.3 Å². The molecule has 0 atom stereocenters. The van der Waals surface area contributed by atoms with Crippen molar-refractivity contribution in [2.45, 2.75) is 26.3 Å². The number of nitrogens with one attached hydrogen (secondary N) is 2. The summed E-state index contributed by atoms with van der Waals surface area (Å²) in [5.41, 5.74) is 11.5. The molecule has 0 spiro atoms. The SMILES string of the molecule is Nc1ccc2c(-c3cc(C(=O)O)ccc3C(=O)O)c3ccc(=O)c(CNc4cccc5ccc(CO)nc45)c-3oc2c1CNc1cccc2ccc(CO)nc12. The molecule has 0 unspecified atom stereocenters. The van der Waals surface area contributed by atoms with Crippen LogP contribution in [0.4, 0.5) is 17.1 Å². The van der Waals surface area contributed by atoms with Crippen LogP contribution in [0, 0.1) is 0 Å². The van der Waals surface area contributed by atoms with E-state index in [9.17, 15) is 34.8 Å². The van der Waals surface area contributed by atoms with E-state index < -0.39 is 11.9 Å². The Morgan fingerprint density at radius 2 is 1.30 bits per heavy atom. The van der Waals surface area contributed by atoms with Crippen LogP contribution in [0.3, 0.4) is 0 Å². The predicted molar refractivity (Wildman–Crippen MR) is 213 cm³/mol.